The number of nitrogens with zero attached hydrogens (tertiary/aromatic N) is 2. The van der Waals surface area contributed by atoms with Gasteiger partial charge >= 0.3 is 0 Å². The van der Waals surface area contributed by atoms with Crippen LogP contribution < -0.4 is 16.0 Å². The molecule has 9 heteroatoms. The fourth-order valence-corrected chi connectivity index (χ4v) is 4.70. The smallest absolute Gasteiger partial charge is 0.254 e. The first-order valence-electron chi connectivity index (χ1n) is 9.94. The van der Waals surface area contributed by atoms with E-state index in [0.29, 0.717) is 22.3 Å². The molecule has 4 rings (SSSR count). The van der Waals surface area contributed by atoms with Gasteiger partial charge in [-0.15, -0.1) is 10.2 Å². The van der Waals surface area contributed by atoms with Crippen molar-refractivity contribution in [3.05, 3.63) is 34.8 Å². The zero-order valence-corrected chi connectivity index (χ0v) is 16.8. The minimum absolute atomic E-state index is 0.0903. The van der Waals surface area contributed by atoms with Gasteiger partial charge in [0, 0.05) is 12.3 Å². The lowest BCUT2D eigenvalue weighted by Gasteiger charge is -2.18. The summed E-state index contributed by atoms with van der Waals surface area (Å²) in [6.45, 7) is 0. The minimum Gasteiger partial charge on any atom is -0.340 e. The lowest BCUT2D eigenvalue weighted by Crippen LogP contribution is -2.41. The first kappa shape index (κ1) is 19.5. The summed E-state index contributed by atoms with van der Waals surface area (Å²) < 4.78 is 0. The van der Waals surface area contributed by atoms with E-state index in [2.05, 4.69) is 26.1 Å². The number of rotatable bonds is 5. The highest BCUT2D eigenvalue weighted by molar-refractivity contribution is 7.15. The van der Waals surface area contributed by atoms with Crippen molar-refractivity contribution >= 4 is 39.9 Å². The van der Waals surface area contributed by atoms with E-state index in [9.17, 15) is 14.4 Å². The molecule has 2 aromatic rings. The van der Waals surface area contributed by atoms with Crippen LogP contribution in [0.4, 0.5) is 10.8 Å². The molecule has 3 N–H and O–H groups in total. The van der Waals surface area contributed by atoms with Crippen LogP contribution >= 0.6 is 11.3 Å². The number of carbonyl (C=O) groups excluding carboxylic acids is 3. The van der Waals surface area contributed by atoms with Crippen LogP contribution in [0.15, 0.2) is 24.3 Å². The summed E-state index contributed by atoms with van der Waals surface area (Å²) in [5, 5.41) is 18.0. The van der Waals surface area contributed by atoms with E-state index in [4.69, 9.17) is 0 Å². The van der Waals surface area contributed by atoms with Crippen molar-refractivity contribution in [1.29, 1.82) is 0 Å². The van der Waals surface area contributed by atoms with Gasteiger partial charge < -0.3 is 16.0 Å². The molecule has 1 aromatic heterocycles. The normalized spacial score (nSPS) is 19.7. The Balaban J connectivity index is 1.31. The molecule has 152 valence electrons. The van der Waals surface area contributed by atoms with E-state index in [1.807, 2.05) is 0 Å². The molecule has 2 aliphatic rings. The Morgan fingerprint density at radius 2 is 1.93 bits per heavy atom. The van der Waals surface area contributed by atoms with Gasteiger partial charge in [0.05, 0.1) is 11.3 Å². The number of hydrogen-bond donors (Lipinski definition) is 3. The molecular formula is C20H23N5O3S. The Labute approximate surface area is 172 Å². The maximum atomic E-state index is 12.4. The second-order valence-corrected chi connectivity index (χ2v) is 8.44. The Bertz CT molecular complexity index is 922. The van der Waals surface area contributed by atoms with Crippen LogP contribution in [0.25, 0.3) is 0 Å². The molecule has 3 amide bonds. The van der Waals surface area contributed by atoms with Gasteiger partial charge in [0.25, 0.3) is 5.91 Å². The van der Waals surface area contributed by atoms with E-state index >= 15 is 0 Å². The molecule has 1 fully saturated rings. The van der Waals surface area contributed by atoms with Crippen LogP contribution in [0.2, 0.25) is 0 Å². The SMILES string of the molecule is O=C(CC[C@@H]1NC(=O)c2ccccc2NC1=O)Nc1nnc(C2CCCCC2)s1. The average Bonchev–Trinajstić information content (AvgIpc) is 3.15. The quantitative estimate of drug-likeness (QED) is 0.697. The molecule has 2 heterocycles. The number of fused-ring (bicyclic) bond motifs is 1. The van der Waals surface area contributed by atoms with Crippen LogP contribution in [0.3, 0.4) is 0 Å². The van der Waals surface area contributed by atoms with Crippen molar-refractivity contribution in [3.8, 4) is 0 Å². The summed E-state index contributed by atoms with van der Waals surface area (Å²) in [5.41, 5.74) is 0.892. The molecule has 1 atom stereocenters. The Morgan fingerprint density at radius 1 is 1.14 bits per heavy atom. The van der Waals surface area contributed by atoms with Gasteiger partial charge in [-0.1, -0.05) is 42.7 Å². The van der Waals surface area contributed by atoms with Gasteiger partial charge in [-0.05, 0) is 31.4 Å². The summed E-state index contributed by atoms with van der Waals surface area (Å²) in [4.78, 5) is 37.0. The van der Waals surface area contributed by atoms with Gasteiger partial charge in [0.2, 0.25) is 16.9 Å². The largest absolute Gasteiger partial charge is 0.340 e. The zero-order chi connectivity index (χ0) is 20.2. The molecule has 1 aliphatic heterocycles. The van der Waals surface area contributed by atoms with Gasteiger partial charge in [-0.25, -0.2) is 0 Å². The van der Waals surface area contributed by atoms with E-state index in [1.165, 1.54) is 30.6 Å². The van der Waals surface area contributed by atoms with Gasteiger partial charge in [-0.3, -0.25) is 14.4 Å². The van der Waals surface area contributed by atoms with Crippen LogP contribution in [0.5, 0.6) is 0 Å². The maximum absolute atomic E-state index is 12.4. The minimum atomic E-state index is -0.770. The van der Waals surface area contributed by atoms with Crippen LogP contribution in [-0.4, -0.2) is 34.0 Å². The lowest BCUT2D eigenvalue weighted by molar-refractivity contribution is -0.118. The molecule has 29 heavy (non-hydrogen) atoms. The van der Waals surface area contributed by atoms with E-state index < -0.39 is 6.04 Å². The first-order valence-corrected chi connectivity index (χ1v) is 10.8. The Kier molecular flexibility index (Phi) is 5.84. The third kappa shape index (κ3) is 4.61. The molecule has 1 aromatic carbocycles. The number of carbonyl (C=O) groups is 3. The van der Waals surface area contributed by atoms with E-state index in [-0.39, 0.29) is 30.6 Å². The molecule has 0 spiro atoms. The number of anilines is 2. The van der Waals surface area contributed by atoms with E-state index in [1.54, 1.807) is 24.3 Å². The predicted molar refractivity (Wildman–Crippen MR) is 110 cm³/mol. The second-order valence-electron chi connectivity index (χ2n) is 7.43. The number of amides is 3. The topological polar surface area (TPSA) is 113 Å². The van der Waals surface area contributed by atoms with Gasteiger partial charge in [0.1, 0.15) is 11.0 Å². The van der Waals surface area contributed by atoms with Crippen molar-refractivity contribution in [2.45, 2.75) is 56.9 Å². The molecule has 1 aliphatic carbocycles. The highest BCUT2D eigenvalue weighted by atomic mass is 32.1. The van der Waals surface area contributed by atoms with Crippen LogP contribution in [0.1, 0.15) is 66.2 Å². The molecule has 0 bridgehead atoms. The maximum Gasteiger partial charge on any atom is 0.254 e. The number of aromatic nitrogens is 2. The third-order valence-electron chi connectivity index (χ3n) is 5.35. The molecule has 0 saturated heterocycles. The monoisotopic (exact) mass is 413 g/mol. The van der Waals surface area contributed by atoms with Crippen LogP contribution in [-0.2, 0) is 9.59 Å². The van der Waals surface area contributed by atoms with Crippen molar-refractivity contribution in [1.82, 2.24) is 15.5 Å². The second kappa shape index (κ2) is 8.69. The molecule has 8 nitrogen and oxygen atoms in total. The Hall–Kier alpha value is -2.81. The lowest BCUT2D eigenvalue weighted by atomic mass is 9.90. The third-order valence-corrected chi connectivity index (χ3v) is 6.35. The van der Waals surface area contributed by atoms with Crippen molar-refractivity contribution < 1.29 is 14.4 Å². The van der Waals surface area contributed by atoms with Crippen molar-refractivity contribution in [3.63, 3.8) is 0 Å². The Morgan fingerprint density at radius 3 is 2.76 bits per heavy atom. The number of nitrogens with one attached hydrogen (secondary N) is 3. The summed E-state index contributed by atoms with van der Waals surface area (Å²) >= 11 is 1.42. The summed E-state index contributed by atoms with van der Waals surface area (Å²) in [6.07, 6.45) is 6.24. The van der Waals surface area contributed by atoms with Crippen molar-refractivity contribution in [2.75, 3.05) is 10.6 Å². The number of hydrogen-bond acceptors (Lipinski definition) is 6. The van der Waals surface area contributed by atoms with Crippen molar-refractivity contribution in [2.24, 2.45) is 0 Å². The summed E-state index contributed by atoms with van der Waals surface area (Å²) in [7, 11) is 0. The molecule has 0 unspecified atom stereocenters. The molecular weight excluding hydrogens is 390 g/mol. The fraction of sp³-hybridized carbons (Fsp3) is 0.450. The standard InChI is InChI=1S/C20H23N5O3S/c26-16(23-20-25-24-19(29-20)12-6-2-1-3-7-12)11-10-15-18(28)21-14-9-5-4-8-13(14)17(27)22-15/h4-5,8-9,12,15H,1-3,6-7,10-11H2,(H,21,28)(H,22,27)(H,23,25,26)/t15-/m0/s1. The zero-order valence-electron chi connectivity index (χ0n) is 15.9. The number of para-hydroxylation sites is 1. The fourth-order valence-electron chi connectivity index (χ4n) is 3.77. The first-order chi connectivity index (χ1) is 14.1. The summed E-state index contributed by atoms with van der Waals surface area (Å²) in [5.74, 6) is -0.462. The van der Waals surface area contributed by atoms with Crippen LogP contribution in [0, 0.1) is 0 Å². The highest BCUT2D eigenvalue weighted by Gasteiger charge is 2.28. The number of benzene rings is 1. The van der Waals surface area contributed by atoms with E-state index in [0.717, 1.165) is 17.8 Å². The molecule has 1 saturated carbocycles. The predicted octanol–water partition coefficient (Wildman–Crippen LogP) is 3.06. The van der Waals surface area contributed by atoms with Gasteiger partial charge in [0.15, 0.2) is 0 Å². The molecule has 0 radical (unpaired) electrons. The highest BCUT2D eigenvalue weighted by Crippen LogP contribution is 2.35. The van der Waals surface area contributed by atoms with Gasteiger partial charge in [-0.2, -0.15) is 0 Å². The average molecular weight is 414 g/mol. The summed E-state index contributed by atoms with van der Waals surface area (Å²) in [6, 6.07) is 6.06.